The SMILES string of the molecule is CC1(C)[C@@H]2CC[C@]13CS(=O)(=O)N(C(=O)[C@]1(C)CN1N1C(=O)c4ccccc4C1=O)[C@@H]3C2. The molecule has 1 aromatic carbocycles. The number of carbonyl (C=O) groups is 3. The number of fused-ring (bicyclic) bond motifs is 2. The molecule has 2 saturated carbocycles. The van der Waals surface area contributed by atoms with Gasteiger partial charge in [0.1, 0.15) is 5.54 Å². The Morgan fingerprint density at radius 2 is 1.68 bits per heavy atom. The highest BCUT2D eigenvalue weighted by Gasteiger charge is 2.75. The molecule has 1 unspecified atom stereocenters. The Balaban J connectivity index is 1.33. The second-order valence-electron chi connectivity index (χ2n) is 10.5. The van der Waals surface area contributed by atoms with E-state index in [1.807, 2.05) is 0 Å². The average molecular weight is 444 g/mol. The zero-order valence-corrected chi connectivity index (χ0v) is 18.6. The molecule has 3 aliphatic heterocycles. The van der Waals surface area contributed by atoms with Crippen molar-refractivity contribution in [3.8, 4) is 0 Å². The summed E-state index contributed by atoms with van der Waals surface area (Å²) >= 11 is 0. The third-order valence-electron chi connectivity index (χ3n) is 9.01. The molecule has 3 heterocycles. The molecule has 5 aliphatic rings. The molecule has 1 aromatic rings. The largest absolute Gasteiger partial charge is 0.276 e. The molecule has 2 aliphatic carbocycles. The Bertz CT molecular complexity index is 1160. The van der Waals surface area contributed by atoms with Crippen LogP contribution in [0.3, 0.4) is 0 Å². The van der Waals surface area contributed by atoms with E-state index < -0.39 is 38.7 Å². The van der Waals surface area contributed by atoms with Gasteiger partial charge in [0.15, 0.2) is 0 Å². The Labute approximate surface area is 181 Å². The summed E-state index contributed by atoms with van der Waals surface area (Å²) < 4.78 is 27.6. The molecule has 2 bridgehead atoms. The number of benzene rings is 1. The van der Waals surface area contributed by atoms with Gasteiger partial charge in [-0.15, -0.1) is 0 Å². The molecule has 6 rings (SSSR count). The zero-order chi connectivity index (χ0) is 22.1. The maximum atomic E-state index is 13.7. The molecule has 8 nitrogen and oxygen atoms in total. The predicted molar refractivity (Wildman–Crippen MR) is 110 cm³/mol. The molecule has 0 radical (unpaired) electrons. The molecular formula is C22H25N3O5S. The molecule has 5 atom stereocenters. The molecule has 0 N–H and O–H groups in total. The topological polar surface area (TPSA) is 94.8 Å². The molecule has 164 valence electrons. The first-order valence-electron chi connectivity index (χ1n) is 10.8. The van der Waals surface area contributed by atoms with Gasteiger partial charge in [0.25, 0.3) is 17.7 Å². The maximum Gasteiger partial charge on any atom is 0.276 e. The smallest absolute Gasteiger partial charge is 0.271 e. The molecule has 9 heteroatoms. The lowest BCUT2D eigenvalue weighted by Gasteiger charge is -2.37. The molecule has 0 aromatic heterocycles. The van der Waals surface area contributed by atoms with Crippen LogP contribution in [0, 0.1) is 16.7 Å². The Kier molecular flexibility index (Phi) is 3.37. The van der Waals surface area contributed by atoms with Crippen molar-refractivity contribution in [3.63, 3.8) is 0 Å². The minimum absolute atomic E-state index is 0.00298. The van der Waals surface area contributed by atoms with Gasteiger partial charge in [-0.1, -0.05) is 26.0 Å². The van der Waals surface area contributed by atoms with Crippen molar-refractivity contribution in [2.45, 2.75) is 51.6 Å². The number of amides is 3. The minimum atomic E-state index is -3.76. The van der Waals surface area contributed by atoms with Gasteiger partial charge in [-0.05, 0) is 49.7 Å². The van der Waals surface area contributed by atoms with E-state index >= 15 is 0 Å². The molecular weight excluding hydrogens is 418 g/mol. The Morgan fingerprint density at radius 3 is 2.26 bits per heavy atom. The number of carbonyl (C=O) groups excluding carboxylic acids is 3. The number of sulfonamides is 1. The summed E-state index contributed by atoms with van der Waals surface area (Å²) in [5.74, 6) is -1.06. The monoisotopic (exact) mass is 443 g/mol. The third kappa shape index (κ3) is 2.05. The van der Waals surface area contributed by atoms with Crippen LogP contribution in [0.2, 0.25) is 0 Å². The second-order valence-corrected chi connectivity index (χ2v) is 12.4. The fourth-order valence-electron chi connectivity index (χ4n) is 6.92. The van der Waals surface area contributed by atoms with Crippen LogP contribution in [0.25, 0.3) is 0 Å². The summed E-state index contributed by atoms with van der Waals surface area (Å²) in [4.78, 5) is 39.4. The van der Waals surface area contributed by atoms with Gasteiger partial charge in [0, 0.05) is 12.0 Å². The van der Waals surface area contributed by atoms with E-state index in [0.29, 0.717) is 23.5 Å². The van der Waals surface area contributed by atoms with Gasteiger partial charge in [-0.2, -0.15) is 5.01 Å². The third-order valence-corrected chi connectivity index (χ3v) is 10.9. The van der Waals surface area contributed by atoms with E-state index in [0.717, 1.165) is 22.2 Å². The fraction of sp³-hybridized carbons (Fsp3) is 0.591. The van der Waals surface area contributed by atoms with Crippen molar-refractivity contribution in [2.75, 3.05) is 12.3 Å². The average Bonchev–Trinajstić information content (AvgIpc) is 3.02. The molecule has 2 saturated heterocycles. The first kappa shape index (κ1) is 19.4. The Morgan fingerprint density at radius 1 is 1.06 bits per heavy atom. The second kappa shape index (κ2) is 5.38. The predicted octanol–water partition coefficient (Wildman–Crippen LogP) is 1.64. The van der Waals surface area contributed by atoms with Crippen LogP contribution in [0.5, 0.6) is 0 Å². The van der Waals surface area contributed by atoms with E-state index in [-0.39, 0.29) is 23.8 Å². The highest BCUT2D eigenvalue weighted by molar-refractivity contribution is 7.90. The van der Waals surface area contributed by atoms with Crippen LogP contribution in [0.4, 0.5) is 0 Å². The molecule has 1 spiro atoms. The van der Waals surface area contributed by atoms with Gasteiger partial charge in [-0.25, -0.2) is 17.7 Å². The maximum absolute atomic E-state index is 13.7. The summed E-state index contributed by atoms with van der Waals surface area (Å²) in [6.07, 6.45) is 2.51. The van der Waals surface area contributed by atoms with E-state index in [1.54, 1.807) is 31.2 Å². The van der Waals surface area contributed by atoms with Crippen molar-refractivity contribution in [1.29, 1.82) is 0 Å². The number of nitrogens with zero attached hydrogens (tertiary/aromatic N) is 3. The van der Waals surface area contributed by atoms with E-state index in [1.165, 1.54) is 5.01 Å². The summed E-state index contributed by atoms with van der Waals surface area (Å²) in [5.41, 5.74) is -1.16. The number of hydrazine groups is 1. The van der Waals surface area contributed by atoms with Crippen LogP contribution in [0.1, 0.15) is 60.7 Å². The lowest BCUT2D eigenvalue weighted by atomic mass is 9.69. The Hall–Kier alpha value is -2.26. The molecule has 4 fully saturated rings. The van der Waals surface area contributed by atoms with Crippen molar-refractivity contribution < 1.29 is 22.8 Å². The number of imide groups is 1. The number of hydrogen-bond donors (Lipinski definition) is 0. The zero-order valence-electron chi connectivity index (χ0n) is 17.8. The van der Waals surface area contributed by atoms with Crippen LogP contribution >= 0.6 is 0 Å². The summed E-state index contributed by atoms with van der Waals surface area (Å²) in [6, 6.07) is 6.22. The van der Waals surface area contributed by atoms with Crippen LogP contribution in [-0.2, 0) is 14.8 Å². The summed E-state index contributed by atoms with van der Waals surface area (Å²) in [6.45, 7) is 6.03. The number of hydrogen-bond acceptors (Lipinski definition) is 6. The van der Waals surface area contributed by atoms with Gasteiger partial charge >= 0.3 is 0 Å². The molecule has 31 heavy (non-hydrogen) atoms. The van der Waals surface area contributed by atoms with E-state index in [4.69, 9.17) is 0 Å². The van der Waals surface area contributed by atoms with Crippen molar-refractivity contribution in [1.82, 2.24) is 14.3 Å². The minimum Gasteiger partial charge on any atom is -0.271 e. The lowest BCUT2D eigenvalue weighted by Crippen LogP contribution is -2.51. The fourth-order valence-corrected chi connectivity index (χ4v) is 9.54. The normalized spacial score (nSPS) is 40.9. The highest BCUT2D eigenvalue weighted by atomic mass is 32.2. The first-order valence-corrected chi connectivity index (χ1v) is 12.4. The first-order chi connectivity index (χ1) is 14.5. The van der Waals surface area contributed by atoms with Gasteiger partial charge < -0.3 is 0 Å². The van der Waals surface area contributed by atoms with Crippen molar-refractivity contribution >= 4 is 27.7 Å². The van der Waals surface area contributed by atoms with E-state index in [9.17, 15) is 22.8 Å². The lowest BCUT2D eigenvalue weighted by molar-refractivity contribution is -0.133. The standard InChI is InChI=1S/C22H25N3O5S/c1-20(2)13-8-9-22(20)12-31(29,30)25(16(22)10-13)19(28)21(3)11-23(21)24-17(26)14-6-4-5-7-15(14)18(24)27/h4-7,13,16H,8-12H2,1-3H3/t13-,16-,21+,22-,23?/m1/s1. The van der Waals surface area contributed by atoms with Crippen LogP contribution in [0.15, 0.2) is 24.3 Å². The van der Waals surface area contributed by atoms with Gasteiger partial charge in [0.05, 0.1) is 22.9 Å². The van der Waals surface area contributed by atoms with Crippen molar-refractivity contribution in [3.05, 3.63) is 35.4 Å². The van der Waals surface area contributed by atoms with Gasteiger partial charge in [0.2, 0.25) is 10.0 Å². The van der Waals surface area contributed by atoms with E-state index in [2.05, 4.69) is 13.8 Å². The van der Waals surface area contributed by atoms with Crippen LogP contribution < -0.4 is 0 Å². The van der Waals surface area contributed by atoms with Gasteiger partial charge in [-0.3, -0.25) is 14.4 Å². The summed E-state index contributed by atoms with van der Waals surface area (Å²) in [5, 5.41) is 2.42. The number of rotatable bonds is 2. The summed E-state index contributed by atoms with van der Waals surface area (Å²) in [7, 11) is -3.76. The van der Waals surface area contributed by atoms with Crippen molar-refractivity contribution in [2.24, 2.45) is 16.7 Å². The van der Waals surface area contributed by atoms with Crippen LogP contribution in [-0.4, -0.2) is 64.3 Å². The molecule has 3 amide bonds. The quantitative estimate of drug-likeness (QED) is 0.509. The highest BCUT2D eigenvalue weighted by Crippen LogP contribution is 2.70.